The Kier molecular flexibility index (Phi) is 5.50. The molecule has 0 bridgehead atoms. The van der Waals surface area contributed by atoms with Crippen molar-refractivity contribution in [2.75, 3.05) is 25.4 Å². The number of nitrogens with one attached hydrogen (secondary N) is 1. The van der Waals surface area contributed by atoms with Gasteiger partial charge in [-0.25, -0.2) is 4.68 Å². The van der Waals surface area contributed by atoms with Crippen molar-refractivity contribution in [1.29, 1.82) is 0 Å². The molecule has 0 spiro atoms. The first-order chi connectivity index (χ1) is 6.88. The van der Waals surface area contributed by atoms with Gasteiger partial charge in [-0.15, -0.1) is 5.10 Å². The number of tetrazole rings is 1. The molecule has 0 saturated carbocycles. The van der Waals surface area contributed by atoms with Gasteiger partial charge in [0.25, 0.3) is 0 Å². The van der Waals surface area contributed by atoms with Crippen molar-refractivity contribution in [3.63, 3.8) is 0 Å². The Balaban J connectivity index is 2.37. The third-order valence-corrected chi connectivity index (χ3v) is 2.51. The number of aliphatic hydroxyl groups excluding tert-OH is 1. The normalized spacial score (nSPS) is 10.7. The Morgan fingerprint density at radius 1 is 1.57 bits per heavy atom. The minimum atomic E-state index is 0.144. The predicted octanol–water partition coefficient (Wildman–Crippen LogP) is -0.633. The zero-order chi connectivity index (χ0) is 10.2. The maximum Gasteiger partial charge on any atom is 0.209 e. The first kappa shape index (κ1) is 11.4. The fourth-order valence-electron chi connectivity index (χ4n) is 0.939. The van der Waals surface area contributed by atoms with Crippen LogP contribution in [-0.2, 0) is 6.54 Å². The van der Waals surface area contributed by atoms with Gasteiger partial charge in [-0.2, -0.15) is 0 Å². The lowest BCUT2D eigenvalue weighted by atomic mass is 10.6. The molecule has 1 aromatic rings. The van der Waals surface area contributed by atoms with Crippen molar-refractivity contribution in [3.05, 3.63) is 0 Å². The number of hydrogen-bond donors (Lipinski definition) is 2. The Morgan fingerprint density at radius 3 is 3.14 bits per heavy atom. The molecule has 0 aliphatic rings. The van der Waals surface area contributed by atoms with E-state index in [9.17, 15) is 0 Å². The molecule has 0 fully saturated rings. The molecule has 1 rings (SSSR count). The van der Waals surface area contributed by atoms with Crippen molar-refractivity contribution in [2.45, 2.75) is 18.6 Å². The van der Waals surface area contributed by atoms with Gasteiger partial charge in [-0.3, -0.25) is 0 Å². The number of thioether (sulfide) groups is 1. The SMILES string of the molecule is CCNCCn1nnnc1SCCO. The van der Waals surface area contributed by atoms with Gasteiger partial charge < -0.3 is 10.4 Å². The van der Waals surface area contributed by atoms with Crippen LogP contribution in [0.15, 0.2) is 5.16 Å². The molecule has 80 valence electrons. The van der Waals surface area contributed by atoms with E-state index in [0.717, 1.165) is 24.8 Å². The molecule has 0 amide bonds. The van der Waals surface area contributed by atoms with Crippen LogP contribution in [0.3, 0.4) is 0 Å². The van der Waals surface area contributed by atoms with Crippen LogP contribution in [0.2, 0.25) is 0 Å². The highest BCUT2D eigenvalue weighted by Crippen LogP contribution is 2.11. The highest BCUT2D eigenvalue weighted by Gasteiger charge is 2.04. The number of aromatic nitrogens is 4. The average molecular weight is 217 g/mol. The van der Waals surface area contributed by atoms with E-state index in [1.807, 2.05) is 0 Å². The van der Waals surface area contributed by atoms with E-state index in [1.54, 1.807) is 4.68 Å². The van der Waals surface area contributed by atoms with Gasteiger partial charge in [0, 0.05) is 12.3 Å². The van der Waals surface area contributed by atoms with Gasteiger partial charge in [0.1, 0.15) is 0 Å². The summed E-state index contributed by atoms with van der Waals surface area (Å²) in [6.07, 6.45) is 0. The molecule has 0 saturated heterocycles. The van der Waals surface area contributed by atoms with Crippen LogP contribution in [-0.4, -0.2) is 50.8 Å². The molecule has 6 nitrogen and oxygen atoms in total. The van der Waals surface area contributed by atoms with Crippen molar-refractivity contribution in [2.24, 2.45) is 0 Å². The summed E-state index contributed by atoms with van der Waals surface area (Å²) >= 11 is 1.46. The summed E-state index contributed by atoms with van der Waals surface area (Å²) in [6, 6.07) is 0. The van der Waals surface area contributed by atoms with Crippen molar-refractivity contribution in [3.8, 4) is 0 Å². The second kappa shape index (κ2) is 6.74. The highest BCUT2D eigenvalue weighted by atomic mass is 32.2. The van der Waals surface area contributed by atoms with Gasteiger partial charge in [-0.05, 0) is 17.0 Å². The third-order valence-electron chi connectivity index (χ3n) is 1.57. The van der Waals surface area contributed by atoms with Gasteiger partial charge in [0.05, 0.1) is 13.2 Å². The molecule has 0 aromatic carbocycles. The molecule has 7 heteroatoms. The number of aliphatic hydroxyl groups is 1. The first-order valence-electron chi connectivity index (χ1n) is 4.59. The van der Waals surface area contributed by atoms with E-state index < -0.39 is 0 Å². The molecule has 0 aliphatic carbocycles. The standard InChI is InChI=1S/C7H15N5OS/c1-2-8-3-4-12-7(9-10-11-12)14-6-5-13/h8,13H,2-6H2,1H3. The molecule has 0 aliphatic heterocycles. The minimum absolute atomic E-state index is 0.144. The van der Waals surface area contributed by atoms with Crippen LogP contribution in [0.25, 0.3) is 0 Å². The van der Waals surface area contributed by atoms with Gasteiger partial charge >= 0.3 is 0 Å². The smallest absolute Gasteiger partial charge is 0.209 e. The van der Waals surface area contributed by atoms with Crippen LogP contribution < -0.4 is 5.32 Å². The zero-order valence-corrected chi connectivity index (χ0v) is 9.00. The number of likely N-dealkylation sites (N-methyl/N-ethyl adjacent to an activating group) is 1. The van der Waals surface area contributed by atoms with E-state index >= 15 is 0 Å². The second-order valence-electron chi connectivity index (χ2n) is 2.61. The summed E-state index contributed by atoms with van der Waals surface area (Å²) in [4.78, 5) is 0. The summed E-state index contributed by atoms with van der Waals surface area (Å²) in [5, 5.41) is 23.9. The Labute approximate surface area is 87.1 Å². The quantitative estimate of drug-likeness (QED) is 0.468. The molecule has 14 heavy (non-hydrogen) atoms. The largest absolute Gasteiger partial charge is 0.396 e. The molecule has 1 heterocycles. The van der Waals surface area contributed by atoms with Crippen molar-refractivity contribution < 1.29 is 5.11 Å². The number of rotatable bonds is 7. The maximum atomic E-state index is 8.66. The summed E-state index contributed by atoms with van der Waals surface area (Å²) in [5.41, 5.74) is 0. The molecule has 2 N–H and O–H groups in total. The molecular formula is C7H15N5OS. The summed E-state index contributed by atoms with van der Waals surface area (Å²) in [5.74, 6) is 0.627. The monoisotopic (exact) mass is 217 g/mol. The lowest BCUT2D eigenvalue weighted by Gasteiger charge is -2.03. The topological polar surface area (TPSA) is 75.9 Å². The van der Waals surface area contributed by atoms with Gasteiger partial charge in [-0.1, -0.05) is 18.7 Å². The van der Waals surface area contributed by atoms with Gasteiger partial charge in [0.15, 0.2) is 0 Å². The lowest BCUT2D eigenvalue weighted by molar-refractivity contribution is 0.322. The van der Waals surface area contributed by atoms with Gasteiger partial charge in [0.2, 0.25) is 5.16 Å². The lowest BCUT2D eigenvalue weighted by Crippen LogP contribution is -2.20. The third kappa shape index (κ3) is 3.60. The van der Waals surface area contributed by atoms with Crippen LogP contribution >= 0.6 is 11.8 Å². The summed E-state index contributed by atoms with van der Waals surface area (Å²) < 4.78 is 1.74. The van der Waals surface area contributed by atoms with E-state index in [-0.39, 0.29) is 6.61 Å². The Hall–Kier alpha value is -0.660. The molecular weight excluding hydrogens is 202 g/mol. The van der Waals surface area contributed by atoms with E-state index in [0.29, 0.717) is 5.75 Å². The minimum Gasteiger partial charge on any atom is -0.396 e. The molecule has 0 radical (unpaired) electrons. The van der Waals surface area contributed by atoms with E-state index in [1.165, 1.54) is 11.8 Å². The predicted molar refractivity (Wildman–Crippen MR) is 54.2 cm³/mol. The van der Waals surface area contributed by atoms with Crippen molar-refractivity contribution >= 4 is 11.8 Å². The Bertz CT molecular complexity index is 254. The maximum absolute atomic E-state index is 8.66. The molecule has 0 atom stereocenters. The highest BCUT2D eigenvalue weighted by molar-refractivity contribution is 7.99. The van der Waals surface area contributed by atoms with Crippen molar-refractivity contribution in [1.82, 2.24) is 25.5 Å². The van der Waals surface area contributed by atoms with Crippen LogP contribution in [0.5, 0.6) is 0 Å². The second-order valence-corrected chi connectivity index (χ2v) is 3.67. The fraction of sp³-hybridized carbons (Fsp3) is 0.857. The molecule has 1 aromatic heterocycles. The van der Waals surface area contributed by atoms with Crippen LogP contribution in [0, 0.1) is 0 Å². The number of nitrogens with zero attached hydrogens (tertiary/aromatic N) is 4. The summed E-state index contributed by atoms with van der Waals surface area (Å²) in [7, 11) is 0. The number of hydrogen-bond acceptors (Lipinski definition) is 6. The van der Waals surface area contributed by atoms with Crippen LogP contribution in [0.4, 0.5) is 0 Å². The average Bonchev–Trinajstić information content (AvgIpc) is 2.63. The summed E-state index contributed by atoms with van der Waals surface area (Å²) in [6.45, 7) is 4.76. The van der Waals surface area contributed by atoms with Crippen LogP contribution in [0.1, 0.15) is 6.92 Å². The Morgan fingerprint density at radius 2 is 2.43 bits per heavy atom. The zero-order valence-electron chi connectivity index (χ0n) is 8.18. The first-order valence-corrected chi connectivity index (χ1v) is 5.57. The fourth-order valence-corrected chi connectivity index (χ4v) is 1.58. The van der Waals surface area contributed by atoms with E-state index in [2.05, 4.69) is 27.8 Å². The van der Waals surface area contributed by atoms with E-state index in [4.69, 9.17) is 5.11 Å². The molecule has 0 unspecified atom stereocenters.